The van der Waals surface area contributed by atoms with E-state index in [1.807, 2.05) is 12.1 Å². The number of nitrogens with one attached hydrogen (secondary N) is 1. The molecule has 0 fully saturated rings. The second-order valence-electron chi connectivity index (χ2n) is 10.2. The van der Waals surface area contributed by atoms with Crippen LogP contribution in [0.15, 0.2) is 102 Å². The van der Waals surface area contributed by atoms with E-state index in [1.165, 1.54) is 30.3 Å². The van der Waals surface area contributed by atoms with Crippen LogP contribution in [0.2, 0.25) is 10.0 Å². The molecule has 0 saturated heterocycles. The molecular weight excluding hydrogens is 567 g/mol. The van der Waals surface area contributed by atoms with E-state index in [0.717, 1.165) is 9.87 Å². The molecule has 0 atom stereocenters. The van der Waals surface area contributed by atoms with Crippen molar-refractivity contribution in [2.45, 2.75) is 31.1 Å². The molecule has 0 aliphatic rings. The monoisotopic (exact) mass is 594 g/mol. The summed E-state index contributed by atoms with van der Waals surface area (Å²) >= 11 is 12.3. The van der Waals surface area contributed by atoms with Gasteiger partial charge in [0, 0.05) is 26.9 Å². The molecule has 0 radical (unpaired) electrons. The molecule has 0 spiro atoms. The van der Waals surface area contributed by atoms with Crippen LogP contribution in [-0.2, 0) is 20.2 Å². The minimum atomic E-state index is -4.15. The molecule has 0 aliphatic carbocycles. The van der Waals surface area contributed by atoms with Crippen molar-refractivity contribution in [1.29, 1.82) is 0 Å². The first-order valence-corrected chi connectivity index (χ1v) is 14.6. The summed E-state index contributed by atoms with van der Waals surface area (Å²) in [4.78, 5) is 26.3. The predicted octanol–water partition coefficient (Wildman–Crippen LogP) is 7.36. The zero-order valence-corrected chi connectivity index (χ0v) is 24.5. The molecule has 4 aromatic carbocycles. The molecule has 4 rings (SSSR count). The van der Waals surface area contributed by atoms with Gasteiger partial charge in [0.25, 0.3) is 10.0 Å². The zero-order valence-electron chi connectivity index (χ0n) is 22.2. The van der Waals surface area contributed by atoms with E-state index in [-0.39, 0.29) is 31.8 Å². The number of hydrogen-bond acceptors (Lipinski definition) is 4. The third-order valence-corrected chi connectivity index (χ3v) is 8.40. The van der Waals surface area contributed by atoms with Crippen LogP contribution in [0.1, 0.15) is 42.3 Å². The minimum absolute atomic E-state index is 0.00368. The summed E-state index contributed by atoms with van der Waals surface area (Å²) in [5, 5.41) is 3.15. The summed E-state index contributed by atoms with van der Waals surface area (Å²) in [7, 11) is -4.15. The van der Waals surface area contributed by atoms with E-state index in [2.05, 4.69) is 26.1 Å². The number of amides is 1. The molecule has 0 aromatic heterocycles. The Labute approximate surface area is 244 Å². The summed E-state index contributed by atoms with van der Waals surface area (Å²) in [6, 6.07) is 26.0. The Morgan fingerprint density at radius 1 is 0.775 bits per heavy atom. The minimum Gasteiger partial charge on any atom is -0.324 e. The van der Waals surface area contributed by atoms with Gasteiger partial charge in [-0.15, -0.1) is 0 Å². The lowest BCUT2D eigenvalue weighted by atomic mass is 9.86. The van der Waals surface area contributed by atoms with Crippen molar-refractivity contribution in [1.82, 2.24) is 0 Å². The lowest BCUT2D eigenvalue weighted by Gasteiger charge is -2.24. The van der Waals surface area contributed by atoms with E-state index in [9.17, 15) is 18.0 Å². The highest BCUT2D eigenvalue weighted by molar-refractivity contribution is 7.92. The Hall–Kier alpha value is -3.65. The second-order valence-corrected chi connectivity index (χ2v) is 13.0. The molecule has 1 N–H and O–H groups in total. The highest BCUT2D eigenvalue weighted by atomic mass is 35.5. The Bertz CT molecular complexity index is 1630. The van der Waals surface area contributed by atoms with Gasteiger partial charge in [-0.3, -0.25) is 13.9 Å². The summed E-state index contributed by atoms with van der Waals surface area (Å²) in [5.74, 6) is -0.812. The number of ketones is 1. The molecular formula is C31H28Cl2N2O4S. The fourth-order valence-electron chi connectivity index (χ4n) is 4.08. The Kier molecular flexibility index (Phi) is 8.68. The van der Waals surface area contributed by atoms with Gasteiger partial charge in [0.1, 0.15) is 6.54 Å². The molecule has 0 aliphatic heterocycles. The number of nitrogens with zero attached hydrogens (tertiary/aromatic N) is 1. The van der Waals surface area contributed by atoms with Gasteiger partial charge in [-0.05, 0) is 53.4 Å². The number of anilines is 2. The average molecular weight is 596 g/mol. The van der Waals surface area contributed by atoms with Gasteiger partial charge < -0.3 is 5.32 Å². The number of carbonyl (C=O) groups is 2. The first-order valence-electron chi connectivity index (χ1n) is 12.4. The Balaban J connectivity index is 1.58. The van der Waals surface area contributed by atoms with Crippen LogP contribution in [0.5, 0.6) is 0 Å². The van der Waals surface area contributed by atoms with Crippen molar-refractivity contribution in [3.05, 3.63) is 124 Å². The van der Waals surface area contributed by atoms with Crippen LogP contribution in [-0.4, -0.2) is 26.7 Å². The molecule has 9 heteroatoms. The summed E-state index contributed by atoms with van der Waals surface area (Å²) in [6.45, 7) is 5.75. The van der Waals surface area contributed by atoms with Crippen molar-refractivity contribution in [3.63, 3.8) is 0 Å². The Morgan fingerprint density at radius 2 is 1.40 bits per heavy atom. The lowest BCUT2D eigenvalue weighted by molar-refractivity contribution is -0.114. The van der Waals surface area contributed by atoms with Crippen LogP contribution < -0.4 is 9.62 Å². The van der Waals surface area contributed by atoms with Crippen LogP contribution in [0.3, 0.4) is 0 Å². The van der Waals surface area contributed by atoms with Crippen LogP contribution in [0, 0.1) is 0 Å². The highest BCUT2D eigenvalue weighted by Crippen LogP contribution is 2.30. The summed E-state index contributed by atoms with van der Waals surface area (Å²) in [6.07, 6.45) is 0. The van der Waals surface area contributed by atoms with Crippen molar-refractivity contribution >= 4 is 56.3 Å². The molecule has 0 heterocycles. The molecule has 40 heavy (non-hydrogen) atoms. The second kappa shape index (κ2) is 11.8. The van der Waals surface area contributed by atoms with Crippen LogP contribution in [0.25, 0.3) is 0 Å². The number of sulfonamides is 1. The van der Waals surface area contributed by atoms with Gasteiger partial charge in [0.2, 0.25) is 5.91 Å². The normalized spacial score (nSPS) is 11.6. The van der Waals surface area contributed by atoms with Gasteiger partial charge in [-0.2, -0.15) is 0 Å². The molecule has 206 valence electrons. The lowest BCUT2D eigenvalue weighted by Crippen LogP contribution is -2.38. The maximum absolute atomic E-state index is 13.5. The van der Waals surface area contributed by atoms with E-state index in [1.54, 1.807) is 54.6 Å². The van der Waals surface area contributed by atoms with Crippen LogP contribution >= 0.6 is 23.2 Å². The first kappa shape index (κ1) is 29.3. The van der Waals surface area contributed by atoms with Gasteiger partial charge in [0.15, 0.2) is 5.78 Å². The quantitative estimate of drug-likeness (QED) is 0.216. The smallest absolute Gasteiger partial charge is 0.264 e. The molecule has 0 bridgehead atoms. The number of rotatable bonds is 8. The topological polar surface area (TPSA) is 83.6 Å². The van der Waals surface area contributed by atoms with Gasteiger partial charge >= 0.3 is 0 Å². The zero-order chi connectivity index (χ0) is 29.1. The third-order valence-electron chi connectivity index (χ3n) is 6.18. The van der Waals surface area contributed by atoms with Crippen molar-refractivity contribution < 1.29 is 18.0 Å². The first-order chi connectivity index (χ1) is 18.8. The van der Waals surface area contributed by atoms with E-state index in [4.69, 9.17) is 23.2 Å². The van der Waals surface area contributed by atoms with Gasteiger partial charge in [0.05, 0.1) is 10.6 Å². The SMILES string of the molecule is CC(C)(C)c1ccc(C(=O)c2cccc(NC(=O)CN(c3cc(Cl)cc(Cl)c3)S(=O)(=O)c3ccccc3)c2)cc1. The average Bonchev–Trinajstić information content (AvgIpc) is 2.91. The summed E-state index contributed by atoms with van der Waals surface area (Å²) < 4.78 is 28.0. The number of hydrogen-bond donors (Lipinski definition) is 1. The fourth-order valence-corrected chi connectivity index (χ4v) is 6.02. The van der Waals surface area contributed by atoms with E-state index >= 15 is 0 Å². The van der Waals surface area contributed by atoms with E-state index in [0.29, 0.717) is 16.8 Å². The predicted molar refractivity (Wildman–Crippen MR) is 161 cm³/mol. The van der Waals surface area contributed by atoms with Crippen molar-refractivity contribution in [2.75, 3.05) is 16.2 Å². The fraction of sp³-hybridized carbons (Fsp3) is 0.161. The molecule has 0 unspecified atom stereocenters. The Morgan fingerprint density at radius 3 is 2.00 bits per heavy atom. The van der Waals surface area contributed by atoms with Gasteiger partial charge in [-0.25, -0.2) is 8.42 Å². The largest absolute Gasteiger partial charge is 0.324 e. The van der Waals surface area contributed by atoms with Crippen molar-refractivity contribution in [3.8, 4) is 0 Å². The molecule has 1 amide bonds. The third kappa shape index (κ3) is 6.91. The number of carbonyl (C=O) groups excluding carboxylic acids is 2. The van der Waals surface area contributed by atoms with E-state index < -0.39 is 22.5 Å². The van der Waals surface area contributed by atoms with Crippen LogP contribution in [0.4, 0.5) is 11.4 Å². The highest BCUT2D eigenvalue weighted by Gasteiger charge is 2.28. The standard InChI is InChI=1S/C31H28Cl2N2O4S/c1-31(2,3)23-14-12-21(13-15-23)30(37)22-8-7-9-26(16-22)34-29(36)20-35(27-18-24(32)17-25(33)19-27)40(38,39)28-10-5-4-6-11-28/h4-19H,20H2,1-3H3,(H,34,36). The van der Waals surface area contributed by atoms with Gasteiger partial charge in [-0.1, -0.05) is 98.6 Å². The molecule has 0 saturated carbocycles. The maximum atomic E-state index is 13.5. The summed E-state index contributed by atoms with van der Waals surface area (Å²) in [5.41, 5.74) is 2.47. The number of halogens is 2. The van der Waals surface area contributed by atoms with Crippen molar-refractivity contribution in [2.24, 2.45) is 0 Å². The maximum Gasteiger partial charge on any atom is 0.264 e. The molecule has 4 aromatic rings. The molecule has 6 nitrogen and oxygen atoms in total. The number of benzene rings is 4.